The summed E-state index contributed by atoms with van der Waals surface area (Å²) < 4.78 is 5.74. The number of ether oxygens (including phenoxy) is 1. The molecule has 2 rings (SSSR count). The van der Waals surface area contributed by atoms with Crippen molar-refractivity contribution in [1.29, 1.82) is 0 Å². The molecule has 1 unspecified atom stereocenters. The zero-order chi connectivity index (χ0) is 15.8. The molecule has 1 atom stereocenters. The number of benzene rings is 1. The molecule has 0 bridgehead atoms. The van der Waals surface area contributed by atoms with Gasteiger partial charge in [-0.05, 0) is 50.3 Å². The highest BCUT2D eigenvalue weighted by atomic mass is 35.5. The molecule has 0 aliphatic carbocycles. The minimum Gasteiger partial charge on any atom is -0.492 e. The summed E-state index contributed by atoms with van der Waals surface area (Å²) >= 11 is 0. The maximum absolute atomic E-state index is 12.0. The second kappa shape index (κ2) is 12.4. The standard InChI is InChI=1S/C17H27N3O2.2ClH/c1-3-20(4-2)11-12-22-16-7-5-15(6-8-16)19-17(21)14-9-10-18-13-14;;/h5-8,14,18H,3-4,9-13H2,1-2H3,(H,19,21);2*1H. The van der Waals surface area contributed by atoms with Crippen LogP contribution in [0.25, 0.3) is 0 Å². The van der Waals surface area contributed by atoms with Gasteiger partial charge in [-0.15, -0.1) is 24.8 Å². The van der Waals surface area contributed by atoms with Gasteiger partial charge in [0, 0.05) is 18.8 Å². The number of hydrogen-bond donors (Lipinski definition) is 2. The van der Waals surface area contributed by atoms with E-state index >= 15 is 0 Å². The van der Waals surface area contributed by atoms with Crippen molar-refractivity contribution in [2.75, 3.05) is 44.6 Å². The Morgan fingerprint density at radius 3 is 2.46 bits per heavy atom. The number of anilines is 1. The third kappa shape index (κ3) is 7.26. The average Bonchev–Trinajstić information content (AvgIpc) is 3.08. The molecule has 1 aliphatic rings. The van der Waals surface area contributed by atoms with Crippen LogP contribution in [0.2, 0.25) is 0 Å². The fraction of sp³-hybridized carbons (Fsp3) is 0.588. The summed E-state index contributed by atoms with van der Waals surface area (Å²) in [4.78, 5) is 14.3. The van der Waals surface area contributed by atoms with Crippen molar-refractivity contribution in [1.82, 2.24) is 10.2 Å². The van der Waals surface area contributed by atoms with Crippen molar-refractivity contribution >= 4 is 36.4 Å². The Morgan fingerprint density at radius 1 is 1.25 bits per heavy atom. The summed E-state index contributed by atoms with van der Waals surface area (Å²) in [6.07, 6.45) is 0.915. The van der Waals surface area contributed by atoms with Gasteiger partial charge in [0.15, 0.2) is 0 Å². The van der Waals surface area contributed by atoms with Crippen LogP contribution in [0.4, 0.5) is 5.69 Å². The summed E-state index contributed by atoms with van der Waals surface area (Å²) in [6, 6.07) is 7.61. The van der Waals surface area contributed by atoms with E-state index in [1.165, 1.54) is 0 Å². The minimum absolute atomic E-state index is 0. The van der Waals surface area contributed by atoms with Crippen LogP contribution in [-0.2, 0) is 4.79 Å². The average molecular weight is 378 g/mol. The zero-order valence-corrected chi connectivity index (χ0v) is 16.0. The van der Waals surface area contributed by atoms with E-state index in [2.05, 4.69) is 29.4 Å². The number of nitrogens with one attached hydrogen (secondary N) is 2. The highest BCUT2D eigenvalue weighted by Crippen LogP contribution is 2.17. The Hall–Kier alpha value is -1.01. The van der Waals surface area contributed by atoms with Gasteiger partial charge < -0.3 is 20.3 Å². The SMILES string of the molecule is CCN(CC)CCOc1ccc(NC(=O)C2CCNC2)cc1.Cl.Cl. The monoisotopic (exact) mass is 377 g/mol. The number of rotatable bonds is 8. The molecule has 1 aromatic carbocycles. The molecule has 0 radical (unpaired) electrons. The number of likely N-dealkylation sites (N-methyl/N-ethyl adjacent to an activating group) is 1. The second-order valence-electron chi connectivity index (χ2n) is 5.58. The first-order chi connectivity index (χ1) is 10.7. The van der Waals surface area contributed by atoms with Crippen LogP contribution >= 0.6 is 24.8 Å². The van der Waals surface area contributed by atoms with Crippen LogP contribution in [-0.4, -0.2) is 50.1 Å². The Bertz CT molecular complexity index is 461. The Balaban J connectivity index is 0.00000264. The fourth-order valence-corrected chi connectivity index (χ4v) is 2.59. The van der Waals surface area contributed by atoms with Gasteiger partial charge in [0.05, 0.1) is 5.92 Å². The first-order valence-corrected chi connectivity index (χ1v) is 8.19. The normalized spacial score (nSPS) is 16.2. The maximum Gasteiger partial charge on any atom is 0.228 e. The number of halogens is 2. The minimum atomic E-state index is 0. The van der Waals surface area contributed by atoms with Gasteiger partial charge in [-0.25, -0.2) is 0 Å². The summed E-state index contributed by atoms with van der Waals surface area (Å²) in [5.41, 5.74) is 0.827. The van der Waals surface area contributed by atoms with E-state index in [-0.39, 0.29) is 36.6 Å². The molecule has 1 aromatic rings. The van der Waals surface area contributed by atoms with Gasteiger partial charge in [0.25, 0.3) is 0 Å². The van der Waals surface area contributed by atoms with E-state index in [1.807, 2.05) is 24.3 Å². The van der Waals surface area contributed by atoms with Crippen LogP contribution < -0.4 is 15.4 Å². The number of nitrogens with zero attached hydrogens (tertiary/aromatic N) is 1. The van der Waals surface area contributed by atoms with Gasteiger partial charge in [0.2, 0.25) is 5.91 Å². The molecule has 138 valence electrons. The molecule has 0 saturated carbocycles. The fourth-order valence-electron chi connectivity index (χ4n) is 2.59. The third-order valence-electron chi connectivity index (χ3n) is 4.12. The summed E-state index contributed by atoms with van der Waals surface area (Å²) in [5, 5.41) is 6.17. The van der Waals surface area contributed by atoms with Crippen LogP contribution in [0.1, 0.15) is 20.3 Å². The number of carbonyl (C=O) groups is 1. The molecule has 2 N–H and O–H groups in total. The van der Waals surface area contributed by atoms with Gasteiger partial charge >= 0.3 is 0 Å². The topological polar surface area (TPSA) is 53.6 Å². The van der Waals surface area contributed by atoms with Gasteiger partial charge in [0.1, 0.15) is 12.4 Å². The van der Waals surface area contributed by atoms with Crippen LogP contribution in [0.15, 0.2) is 24.3 Å². The zero-order valence-electron chi connectivity index (χ0n) is 14.4. The van der Waals surface area contributed by atoms with Gasteiger partial charge in [-0.3, -0.25) is 4.79 Å². The lowest BCUT2D eigenvalue weighted by Gasteiger charge is -2.18. The van der Waals surface area contributed by atoms with E-state index < -0.39 is 0 Å². The number of carbonyl (C=O) groups excluding carboxylic acids is 1. The van der Waals surface area contributed by atoms with Gasteiger partial charge in [-0.1, -0.05) is 13.8 Å². The van der Waals surface area contributed by atoms with Crippen molar-refractivity contribution in [3.8, 4) is 5.75 Å². The second-order valence-corrected chi connectivity index (χ2v) is 5.58. The van der Waals surface area contributed by atoms with Crippen molar-refractivity contribution < 1.29 is 9.53 Å². The molecule has 1 saturated heterocycles. The van der Waals surface area contributed by atoms with E-state index in [0.717, 1.165) is 50.6 Å². The largest absolute Gasteiger partial charge is 0.492 e. The predicted octanol–water partition coefficient (Wildman–Crippen LogP) is 2.80. The first kappa shape index (κ1) is 23.0. The predicted molar refractivity (Wildman–Crippen MR) is 104 cm³/mol. The van der Waals surface area contributed by atoms with Crippen LogP contribution in [0.3, 0.4) is 0 Å². The Morgan fingerprint density at radius 2 is 1.92 bits per heavy atom. The maximum atomic E-state index is 12.0. The number of hydrogen-bond acceptors (Lipinski definition) is 4. The van der Waals surface area contributed by atoms with E-state index in [9.17, 15) is 4.79 Å². The quantitative estimate of drug-likeness (QED) is 0.731. The lowest BCUT2D eigenvalue weighted by Crippen LogP contribution is -2.27. The lowest BCUT2D eigenvalue weighted by atomic mass is 10.1. The van der Waals surface area contributed by atoms with Crippen LogP contribution in [0, 0.1) is 5.92 Å². The molecule has 0 spiro atoms. The van der Waals surface area contributed by atoms with Crippen molar-refractivity contribution in [2.24, 2.45) is 5.92 Å². The molecular formula is C17H29Cl2N3O2. The third-order valence-corrected chi connectivity index (χ3v) is 4.12. The molecule has 1 amide bonds. The van der Waals surface area contributed by atoms with Crippen LogP contribution in [0.5, 0.6) is 5.75 Å². The van der Waals surface area contributed by atoms with Gasteiger partial charge in [-0.2, -0.15) is 0 Å². The Kier molecular flexibility index (Phi) is 11.8. The highest BCUT2D eigenvalue weighted by molar-refractivity contribution is 5.92. The first-order valence-electron chi connectivity index (χ1n) is 8.19. The van der Waals surface area contributed by atoms with Crippen molar-refractivity contribution in [3.63, 3.8) is 0 Å². The summed E-state index contributed by atoms with van der Waals surface area (Å²) in [7, 11) is 0. The Labute approximate surface area is 157 Å². The molecule has 5 nitrogen and oxygen atoms in total. The molecule has 1 fully saturated rings. The summed E-state index contributed by atoms with van der Waals surface area (Å²) in [5.74, 6) is 1.03. The lowest BCUT2D eigenvalue weighted by molar-refractivity contribution is -0.119. The molecule has 0 aromatic heterocycles. The molecule has 7 heteroatoms. The van der Waals surface area contributed by atoms with E-state index in [1.54, 1.807) is 0 Å². The van der Waals surface area contributed by atoms with Crippen molar-refractivity contribution in [3.05, 3.63) is 24.3 Å². The molecule has 1 aliphatic heterocycles. The molecular weight excluding hydrogens is 349 g/mol. The summed E-state index contributed by atoms with van der Waals surface area (Å²) in [6.45, 7) is 9.71. The number of amides is 1. The van der Waals surface area contributed by atoms with Crippen molar-refractivity contribution in [2.45, 2.75) is 20.3 Å². The smallest absolute Gasteiger partial charge is 0.228 e. The molecule has 1 heterocycles. The molecule has 24 heavy (non-hydrogen) atoms. The van der Waals surface area contributed by atoms with E-state index in [0.29, 0.717) is 6.61 Å². The van der Waals surface area contributed by atoms with E-state index in [4.69, 9.17) is 4.74 Å². The highest BCUT2D eigenvalue weighted by Gasteiger charge is 2.22.